The van der Waals surface area contributed by atoms with Crippen LogP contribution in [0.2, 0.25) is 0 Å². The van der Waals surface area contributed by atoms with Crippen LogP contribution < -0.4 is 0 Å². The molecule has 15 heavy (non-hydrogen) atoms. The summed E-state index contributed by atoms with van der Waals surface area (Å²) in [4.78, 5) is 2.45. The first-order valence-electron chi connectivity index (χ1n) is 6.89. The number of nitrogens with zero attached hydrogens (tertiary/aromatic N) is 1. The number of likely N-dealkylation sites (tertiary alicyclic amines) is 1. The van der Waals surface area contributed by atoms with Gasteiger partial charge in [-0.25, -0.2) is 0 Å². The second kappa shape index (κ2) is 7.27. The Labute approximate surface area is 97.2 Å². The third kappa shape index (κ3) is 4.14. The molecule has 0 unspecified atom stereocenters. The van der Waals surface area contributed by atoms with Gasteiger partial charge >= 0.3 is 0 Å². The maximum atomic E-state index is 2.45. The van der Waals surface area contributed by atoms with Gasteiger partial charge in [0, 0.05) is 13.1 Å². The van der Waals surface area contributed by atoms with Crippen LogP contribution in [0.15, 0.2) is 0 Å². The van der Waals surface area contributed by atoms with Crippen LogP contribution in [0.4, 0.5) is 0 Å². The number of rotatable bonds is 0. The van der Waals surface area contributed by atoms with Gasteiger partial charge in [-0.15, -0.1) is 0 Å². The molecule has 2 fully saturated rings. The van der Waals surface area contributed by atoms with Crippen molar-refractivity contribution in [2.24, 2.45) is 11.3 Å². The topological polar surface area (TPSA) is 3.24 Å². The number of hydrogen-bond acceptors (Lipinski definition) is 1. The third-order valence-corrected chi connectivity index (χ3v) is 3.55. The molecule has 2 rings (SSSR count). The van der Waals surface area contributed by atoms with E-state index in [-0.39, 0.29) is 0 Å². The van der Waals surface area contributed by atoms with Crippen LogP contribution in [0.5, 0.6) is 0 Å². The van der Waals surface area contributed by atoms with Crippen molar-refractivity contribution in [3.8, 4) is 0 Å². The monoisotopic (exact) mass is 213 g/mol. The average molecular weight is 213 g/mol. The summed E-state index contributed by atoms with van der Waals surface area (Å²) in [5, 5.41) is 0. The highest BCUT2D eigenvalue weighted by atomic mass is 15.2. The molecule has 1 nitrogen and oxygen atoms in total. The van der Waals surface area contributed by atoms with Crippen molar-refractivity contribution < 1.29 is 0 Å². The van der Waals surface area contributed by atoms with E-state index in [9.17, 15) is 0 Å². The van der Waals surface area contributed by atoms with Gasteiger partial charge in [0.2, 0.25) is 0 Å². The second-order valence-electron chi connectivity index (χ2n) is 4.85. The summed E-state index contributed by atoms with van der Waals surface area (Å²) in [7, 11) is 2.24. The van der Waals surface area contributed by atoms with E-state index in [1.165, 1.54) is 38.8 Å². The van der Waals surface area contributed by atoms with E-state index >= 15 is 0 Å². The van der Waals surface area contributed by atoms with Gasteiger partial charge in [-0.1, -0.05) is 47.5 Å². The lowest BCUT2D eigenvalue weighted by Gasteiger charge is -2.52. The fraction of sp³-hybridized carbons (Fsp3) is 1.00. The molecule has 1 saturated carbocycles. The molecule has 0 N–H and O–H groups in total. The van der Waals surface area contributed by atoms with Crippen LogP contribution in [-0.4, -0.2) is 25.0 Å². The molecule has 1 heterocycles. The molecule has 0 atom stereocenters. The summed E-state index contributed by atoms with van der Waals surface area (Å²) < 4.78 is 0. The molecule has 0 radical (unpaired) electrons. The predicted octanol–water partition coefficient (Wildman–Crippen LogP) is 4.18. The van der Waals surface area contributed by atoms with Crippen LogP contribution >= 0.6 is 0 Å². The Morgan fingerprint density at radius 3 is 1.67 bits per heavy atom. The summed E-state index contributed by atoms with van der Waals surface area (Å²) in [6, 6.07) is 0. The highest BCUT2D eigenvalue weighted by molar-refractivity contribution is 4.95. The lowest BCUT2D eigenvalue weighted by Crippen LogP contribution is -2.55. The maximum Gasteiger partial charge on any atom is 0.00474 e. The second-order valence-corrected chi connectivity index (χ2v) is 4.85. The first-order chi connectivity index (χ1) is 7.20. The minimum Gasteiger partial charge on any atom is -0.305 e. The van der Waals surface area contributed by atoms with E-state index in [4.69, 9.17) is 0 Å². The van der Waals surface area contributed by atoms with Crippen molar-refractivity contribution in [3.63, 3.8) is 0 Å². The average Bonchev–Trinajstić information content (AvgIpc) is 2.26. The van der Waals surface area contributed by atoms with Crippen molar-refractivity contribution in [1.82, 2.24) is 4.90 Å². The summed E-state index contributed by atoms with van der Waals surface area (Å²) in [5.41, 5.74) is 0.779. The van der Waals surface area contributed by atoms with E-state index in [1.54, 1.807) is 0 Å². The van der Waals surface area contributed by atoms with E-state index in [2.05, 4.69) is 18.9 Å². The Kier molecular flexibility index (Phi) is 7.25. The lowest BCUT2D eigenvalue weighted by molar-refractivity contribution is -0.0192. The van der Waals surface area contributed by atoms with Gasteiger partial charge in [-0.05, 0) is 31.2 Å². The lowest BCUT2D eigenvalue weighted by atomic mass is 9.66. The van der Waals surface area contributed by atoms with Gasteiger partial charge in [-0.3, -0.25) is 0 Å². The van der Waals surface area contributed by atoms with Gasteiger partial charge in [-0.2, -0.15) is 0 Å². The molecule has 1 spiro atoms. The molecule has 0 bridgehead atoms. The van der Waals surface area contributed by atoms with E-state index in [1.807, 2.05) is 27.7 Å². The Morgan fingerprint density at radius 2 is 1.33 bits per heavy atom. The van der Waals surface area contributed by atoms with E-state index in [0.717, 1.165) is 11.3 Å². The Bertz CT molecular complexity index is 137. The van der Waals surface area contributed by atoms with Crippen LogP contribution in [-0.2, 0) is 0 Å². The van der Waals surface area contributed by atoms with Crippen molar-refractivity contribution in [1.29, 1.82) is 0 Å². The van der Waals surface area contributed by atoms with Crippen molar-refractivity contribution >= 4 is 0 Å². The van der Waals surface area contributed by atoms with Gasteiger partial charge in [0.25, 0.3) is 0 Å². The van der Waals surface area contributed by atoms with E-state index < -0.39 is 0 Å². The zero-order chi connectivity index (χ0) is 11.9. The zero-order valence-corrected chi connectivity index (χ0v) is 11.8. The van der Waals surface area contributed by atoms with Crippen molar-refractivity contribution in [2.75, 3.05) is 20.1 Å². The Balaban J connectivity index is 0.000000442. The molecule has 0 aromatic heterocycles. The normalized spacial score (nSPS) is 24.4. The minimum absolute atomic E-state index is 0.779. The smallest absolute Gasteiger partial charge is 0.00474 e. The standard InChI is InChI=1S/C10H19N.2C2H6/c1-9-3-5-10(6-4-9)7-11(2)8-10;2*1-2/h9H,3-8H2,1-2H3;2*1-2H3. The summed E-state index contributed by atoms with van der Waals surface area (Å²) in [6.45, 7) is 13.1. The van der Waals surface area contributed by atoms with Gasteiger partial charge < -0.3 is 4.90 Å². The molecule has 0 aromatic rings. The highest BCUT2D eigenvalue weighted by Gasteiger charge is 2.42. The third-order valence-electron chi connectivity index (χ3n) is 3.55. The van der Waals surface area contributed by atoms with Gasteiger partial charge in [0.1, 0.15) is 0 Å². The van der Waals surface area contributed by atoms with Crippen molar-refractivity contribution in [2.45, 2.75) is 60.3 Å². The van der Waals surface area contributed by atoms with Crippen LogP contribution in [0.3, 0.4) is 0 Å². The molecular weight excluding hydrogens is 182 g/mol. The Hall–Kier alpha value is -0.0400. The maximum absolute atomic E-state index is 2.45. The summed E-state index contributed by atoms with van der Waals surface area (Å²) in [5.74, 6) is 1.01. The SMILES string of the molecule is CC.CC.CC1CCC2(CC1)CN(C)C2. The molecule has 0 amide bonds. The first-order valence-corrected chi connectivity index (χ1v) is 6.89. The first kappa shape index (κ1) is 15.0. The van der Waals surface area contributed by atoms with Gasteiger partial charge in [0.15, 0.2) is 0 Å². The quantitative estimate of drug-likeness (QED) is 0.583. The fourth-order valence-electron chi connectivity index (χ4n) is 2.79. The Morgan fingerprint density at radius 1 is 0.933 bits per heavy atom. The molecule has 1 saturated heterocycles. The molecule has 2 aliphatic rings. The predicted molar refractivity (Wildman–Crippen MR) is 70.3 cm³/mol. The van der Waals surface area contributed by atoms with Crippen LogP contribution in [0.1, 0.15) is 60.3 Å². The number of hydrogen-bond donors (Lipinski definition) is 0. The molecule has 1 aliphatic heterocycles. The summed E-state index contributed by atoms with van der Waals surface area (Å²) in [6.07, 6.45) is 5.96. The van der Waals surface area contributed by atoms with Crippen LogP contribution in [0, 0.1) is 11.3 Å². The fourth-order valence-corrected chi connectivity index (χ4v) is 2.79. The largest absolute Gasteiger partial charge is 0.305 e. The highest BCUT2D eigenvalue weighted by Crippen LogP contribution is 2.44. The van der Waals surface area contributed by atoms with Crippen LogP contribution in [0.25, 0.3) is 0 Å². The summed E-state index contributed by atoms with van der Waals surface area (Å²) >= 11 is 0. The van der Waals surface area contributed by atoms with Crippen molar-refractivity contribution in [3.05, 3.63) is 0 Å². The zero-order valence-electron chi connectivity index (χ0n) is 11.8. The van der Waals surface area contributed by atoms with Gasteiger partial charge in [0.05, 0.1) is 0 Å². The molecule has 0 aromatic carbocycles. The molecule has 1 heteroatoms. The molecule has 1 aliphatic carbocycles. The minimum atomic E-state index is 0.779. The van der Waals surface area contributed by atoms with E-state index in [0.29, 0.717) is 0 Å². The molecule has 92 valence electrons. The molecular formula is C14H31N.